The number of amides is 1. The minimum Gasteiger partial charge on any atom is -0.322 e. The number of rotatable bonds is 2. The van der Waals surface area contributed by atoms with Crippen molar-refractivity contribution in [3.05, 3.63) is 62.1 Å². The number of nitrogens with one attached hydrogen (secondary N) is 1. The summed E-state index contributed by atoms with van der Waals surface area (Å²) >= 11 is 23.4. The topological polar surface area (TPSA) is 29.1 Å². The Hall–Kier alpha value is -0.930. The highest BCUT2D eigenvalue weighted by Gasteiger charge is 2.11. The Kier molecular flexibility index (Phi) is 4.58. The van der Waals surface area contributed by atoms with Gasteiger partial charge in [-0.3, -0.25) is 4.79 Å². The van der Waals surface area contributed by atoms with E-state index in [-0.39, 0.29) is 5.91 Å². The number of hydrogen-bond acceptors (Lipinski definition) is 1. The number of carbonyl (C=O) groups excluding carboxylic acids is 1. The van der Waals surface area contributed by atoms with Gasteiger partial charge < -0.3 is 5.32 Å². The summed E-state index contributed by atoms with van der Waals surface area (Å²) in [6, 6.07) is 9.47. The van der Waals surface area contributed by atoms with Crippen LogP contribution >= 0.6 is 46.4 Å². The highest BCUT2D eigenvalue weighted by atomic mass is 35.5. The lowest BCUT2D eigenvalue weighted by Gasteiger charge is -2.08. The van der Waals surface area contributed by atoms with Crippen molar-refractivity contribution in [2.75, 3.05) is 5.32 Å². The predicted octanol–water partition coefficient (Wildman–Crippen LogP) is 5.55. The lowest BCUT2D eigenvalue weighted by Crippen LogP contribution is -2.12. The fraction of sp³-hybridized carbons (Fsp3) is 0. The van der Waals surface area contributed by atoms with E-state index in [1.54, 1.807) is 30.3 Å². The Bertz CT molecular complexity index is 643. The van der Waals surface area contributed by atoms with Gasteiger partial charge in [0, 0.05) is 10.7 Å². The molecule has 2 nitrogen and oxygen atoms in total. The molecule has 0 fully saturated rings. The van der Waals surface area contributed by atoms with E-state index in [2.05, 4.69) is 5.32 Å². The fourth-order valence-corrected chi connectivity index (χ4v) is 2.12. The zero-order valence-electron chi connectivity index (χ0n) is 9.38. The molecule has 1 amide bonds. The van der Waals surface area contributed by atoms with Gasteiger partial charge in [-0.2, -0.15) is 0 Å². The first-order valence-corrected chi connectivity index (χ1v) is 6.70. The van der Waals surface area contributed by atoms with Crippen LogP contribution in [0, 0.1) is 0 Å². The largest absolute Gasteiger partial charge is 0.322 e. The van der Waals surface area contributed by atoms with Crippen LogP contribution in [0.4, 0.5) is 5.69 Å². The van der Waals surface area contributed by atoms with Gasteiger partial charge in [0.2, 0.25) is 0 Å². The molecule has 0 radical (unpaired) electrons. The SMILES string of the molecule is O=C(Nc1ccc(Cl)c(Cl)c1)c1cc(Cl)ccc1Cl. The fourth-order valence-electron chi connectivity index (χ4n) is 1.44. The van der Waals surface area contributed by atoms with E-state index in [0.29, 0.717) is 31.3 Å². The second-order valence-corrected chi connectivity index (χ2v) is 5.37. The zero-order chi connectivity index (χ0) is 14.0. The molecule has 19 heavy (non-hydrogen) atoms. The molecule has 6 heteroatoms. The van der Waals surface area contributed by atoms with Crippen LogP contribution in [0.3, 0.4) is 0 Å². The Morgan fingerprint density at radius 1 is 0.842 bits per heavy atom. The van der Waals surface area contributed by atoms with Crippen molar-refractivity contribution in [3.63, 3.8) is 0 Å². The summed E-state index contributed by atoms with van der Waals surface area (Å²) in [6.45, 7) is 0. The molecular formula is C13H7Cl4NO. The smallest absolute Gasteiger partial charge is 0.257 e. The highest BCUT2D eigenvalue weighted by Crippen LogP contribution is 2.26. The van der Waals surface area contributed by atoms with Crippen molar-refractivity contribution in [2.24, 2.45) is 0 Å². The molecule has 0 heterocycles. The van der Waals surface area contributed by atoms with Crippen LogP contribution in [0.25, 0.3) is 0 Å². The summed E-state index contributed by atoms with van der Waals surface area (Å²) in [5, 5.41) is 4.20. The van der Waals surface area contributed by atoms with E-state index < -0.39 is 0 Å². The van der Waals surface area contributed by atoms with Crippen molar-refractivity contribution < 1.29 is 4.79 Å². The molecule has 0 aliphatic heterocycles. The first-order chi connectivity index (χ1) is 8.97. The van der Waals surface area contributed by atoms with Crippen molar-refractivity contribution in [2.45, 2.75) is 0 Å². The minimum atomic E-state index is -0.370. The summed E-state index contributed by atoms with van der Waals surface area (Å²) in [4.78, 5) is 12.1. The molecule has 0 bridgehead atoms. The van der Waals surface area contributed by atoms with Crippen LogP contribution in [0.1, 0.15) is 10.4 Å². The molecule has 0 aliphatic rings. The van der Waals surface area contributed by atoms with E-state index >= 15 is 0 Å². The van der Waals surface area contributed by atoms with Gasteiger partial charge in [-0.1, -0.05) is 46.4 Å². The second kappa shape index (κ2) is 6.02. The summed E-state index contributed by atoms with van der Waals surface area (Å²) < 4.78 is 0. The molecule has 0 spiro atoms. The normalized spacial score (nSPS) is 10.3. The van der Waals surface area contributed by atoms with E-state index in [0.717, 1.165) is 0 Å². The Morgan fingerprint density at radius 2 is 1.53 bits per heavy atom. The van der Waals surface area contributed by atoms with Crippen LogP contribution in [0.2, 0.25) is 20.1 Å². The maximum absolute atomic E-state index is 12.1. The number of halogens is 4. The quantitative estimate of drug-likeness (QED) is 0.766. The average molecular weight is 335 g/mol. The lowest BCUT2D eigenvalue weighted by molar-refractivity contribution is 0.102. The van der Waals surface area contributed by atoms with Crippen LogP contribution in [-0.4, -0.2) is 5.91 Å². The number of anilines is 1. The summed E-state index contributed by atoms with van der Waals surface area (Å²) in [6.07, 6.45) is 0. The molecule has 0 saturated heterocycles. The maximum Gasteiger partial charge on any atom is 0.257 e. The first-order valence-electron chi connectivity index (χ1n) is 5.19. The molecule has 1 N–H and O–H groups in total. The number of benzene rings is 2. The van der Waals surface area contributed by atoms with E-state index in [1.165, 1.54) is 6.07 Å². The van der Waals surface area contributed by atoms with E-state index in [1.807, 2.05) is 0 Å². The number of carbonyl (C=O) groups is 1. The minimum absolute atomic E-state index is 0.292. The lowest BCUT2D eigenvalue weighted by atomic mass is 10.2. The van der Waals surface area contributed by atoms with Crippen LogP contribution in [0.15, 0.2) is 36.4 Å². The van der Waals surface area contributed by atoms with Gasteiger partial charge >= 0.3 is 0 Å². The number of hydrogen-bond donors (Lipinski definition) is 1. The molecule has 0 saturated carbocycles. The third-order valence-corrected chi connectivity index (χ3v) is 3.65. The third kappa shape index (κ3) is 3.54. The molecule has 0 unspecified atom stereocenters. The summed E-state index contributed by atoms with van der Waals surface area (Å²) in [5.74, 6) is -0.370. The first kappa shape index (κ1) is 14.5. The van der Waals surface area contributed by atoms with Crippen molar-refractivity contribution in [1.82, 2.24) is 0 Å². The summed E-state index contributed by atoms with van der Waals surface area (Å²) in [7, 11) is 0. The average Bonchev–Trinajstić information content (AvgIpc) is 2.36. The van der Waals surface area contributed by atoms with Crippen molar-refractivity contribution in [1.29, 1.82) is 0 Å². The van der Waals surface area contributed by atoms with Crippen LogP contribution in [-0.2, 0) is 0 Å². The standard InChI is InChI=1S/C13H7Cl4NO/c14-7-1-3-10(15)9(5-7)13(19)18-8-2-4-11(16)12(17)6-8/h1-6H,(H,18,19). The molecular weight excluding hydrogens is 328 g/mol. The predicted molar refractivity (Wildman–Crippen MR) is 80.9 cm³/mol. The monoisotopic (exact) mass is 333 g/mol. The zero-order valence-corrected chi connectivity index (χ0v) is 12.4. The van der Waals surface area contributed by atoms with Crippen molar-refractivity contribution in [3.8, 4) is 0 Å². The van der Waals surface area contributed by atoms with Gasteiger partial charge in [-0.15, -0.1) is 0 Å². The third-order valence-electron chi connectivity index (χ3n) is 2.35. The molecule has 98 valence electrons. The highest BCUT2D eigenvalue weighted by molar-refractivity contribution is 6.42. The maximum atomic E-state index is 12.1. The van der Waals surface area contributed by atoms with E-state index in [4.69, 9.17) is 46.4 Å². The molecule has 0 atom stereocenters. The van der Waals surface area contributed by atoms with Gasteiger partial charge in [0.1, 0.15) is 0 Å². The van der Waals surface area contributed by atoms with Crippen molar-refractivity contribution >= 4 is 58.0 Å². The Labute approximate surface area is 130 Å². The van der Waals surface area contributed by atoms with Gasteiger partial charge in [0.15, 0.2) is 0 Å². The molecule has 0 aromatic heterocycles. The molecule has 2 rings (SSSR count). The second-order valence-electron chi connectivity index (χ2n) is 3.71. The molecule has 2 aromatic rings. The van der Waals surface area contributed by atoms with Gasteiger partial charge in [-0.05, 0) is 36.4 Å². The van der Waals surface area contributed by atoms with Crippen LogP contribution < -0.4 is 5.32 Å². The van der Waals surface area contributed by atoms with Gasteiger partial charge in [0.05, 0.1) is 20.6 Å². The van der Waals surface area contributed by atoms with Gasteiger partial charge in [-0.25, -0.2) is 0 Å². The summed E-state index contributed by atoms with van der Waals surface area (Å²) in [5.41, 5.74) is 0.815. The Morgan fingerprint density at radius 3 is 2.21 bits per heavy atom. The van der Waals surface area contributed by atoms with E-state index in [9.17, 15) is 4.79 Å². The molecule has 0 aliphatic carbocycles. The Balaban J connectivity index is 2.25. The van der Waals surface area contributed by atoms with Gasteiger partial charge in [0.25, 0.3) is 5.91 Å². The van der Waals surface area contributed by atoms with Crippen LogP contribution in [0.5, 0.6) is 0 Å². The molecule has 2 aromatic carbocycles.